The van der Waals surface area contributed by atoms with E-state index in [2.05, 4.69) is 31.9 Å². The van der Waals surface area contributed by atoms with Gasteiger partial charge in [-0.15, -0.1) is 0 Å². The van der Waals surface area contributed by atoms with E-state index in [0.29, 0.717) is 129 Å². The zero-order chi connectivity index (χ0) is 52.9. The largest absolute Gasteiger partial charge is 0.368 e. The number of allylic oxidation sites excluding steroid dienone is 2. The fraction of sp³-hybridized carbons (Fsp3) is 0.577. The van der Waals surface area contributed by atoms with E-state index in [4.69, 9.17) is 34.4 Å². The lowest BCUT2D eigenvalue weighted by molar-refractivity contribution is -0.133. The maximum absolute atomic E-state index is 13.8. The van der Waals surface area contributed by atoms with Crippen molar-refractivity contribution in [2.75, 3.05) is 26.2 Å². The number of hydrogen-bond acceptors (Lipinski definition) is 12. The molecule has 0 bridgehead atoms. The van der Waals surface area contributed by atoms with Gasteiger partial charge in [-0.2, -0.15) is 0 Å². The number of amides is 8. The summed E-state index contributed by atoms with van der Waals surface area (Å²) in [4.78, 5) is 105. The first kappa shape index (κ1) is 61.9. The van der Waals surface area contributed by atoms with Gasteiger partial charge in [-0.05, 0) is 140 Å². The Morgan fingerprint density at radius 2 is 0.667 bits per heavy atom. The lowest BCUT2D eigenvalue weighted by atomic mass is 10.0. The van der Waals surface area contributed by atoms with Crippen molar-refractivity contribution < 1.29 is 38.4 Å². The molecule has 0 aliphatic heterocycles. The zero-order valence-corrected chi connectivity index (χ0v) is 42.1. The third-order valence-electron chi connectivity index (χ3n) is 12.0. The number of unbranched alkanes of at least 4 members (excludes halogenated alkanes) is 6. The average molecular weight is 1010 g/mol. The molecule has 72 heavy (non-hydrogen) atoms. The number of nitrogens with two attached hydrogens (primary N) is 6. The topological polar surface area (TPSA) is 365 Å². The molecule has 0 aliphatic rings. The highest BCUT2D eigenvalue weighted by atomic mass is 16.2. The molecule has 400 valence electrons. The van der Waals surface area contributed by atoms with Crippen molar-refractivity contribution in [1.82, 2.24) is 31.9 Å². The van der Waals surface area contributed by atoms with Crippen molar-refractivity contribution in [3.8, 4) is 0 Å². The molecule has 0 saturated carbocycles. The Hall–Kier alpha value is -6.22. The van der Waals surface area contributed by atoms with E-state index < -0.39 is 71.7 Å². The molecule has 6 atom stereocenters. The Morgan fingerprint density at radius 3 is 0.972 bits per heavy atom. The second kappa shape index (κ2) is 37.5. The van der Waals surface area contributed by atoms with Crippen LogP contribution in [0.1, 0.15) is 127 Å². The number of carbonyl (C=O) groups is 8. The first-order valence-electron chi connectivity index (χ1n) is 25.6. The lowest BCUT2D eigenvalue weighted by Gasteiger charge is -2.25. The average Bonchev–Trinajstić information content (AvgIpc) is 3.36. The maximum atomic E-state index is 13.8. The summed E-state index contributed by atoms with van der Waals surface area (Å²) in [7, 11) is 0. The molecule has 0 fully saturated rings. The van der Waals surface area contributed by atoms with E-state index in [1.165, 1.54) is 0 Å². The molecule has 2 aromatic rings. The minimum Gasteiger partial charge on any atom is -0.368 e. The van der Waals surface area contributed by atoms with E-state index in [9.17, 15) is 38.4 Å². The van der Waals surface area contributed by atoms with Gasteiger partial charge >= 0.3 is 0 Å². The van der Waals surface area contributed by atoms with Gasteiger partial charge in [0.15, 0.2) is 0 Å². The smallest absolute Gasteiger partial charge is 0.243 e. The number of hydrogen-bond donors (Lipinski definition) is 12. The summed E-state index contributed by atoms with van der Waals surface area (Å²) in [5.74, 6) is -4.30. The van der Waals surface area contributed by atoms with Crippen LogP contribution in [0.5, 0.6) is 0 Å². The van der Waals surface area contributed by atoms with Crippen LogP contribution < -0.4 is 66.3 Å². The van der Waals surface area contributed by atoms with Crippen molar-refractivity contribution >= 4 is 47.3 Å². The van der Waals surface area contributed by atoms with Crippen LogP contribution >= 0.6 is 0 Å². The standard InChI is InChI=1S/C52H84N12O8/c53-31-17-13-25-39(47(57)67)61-51(71)43(35-37-21-7-5-8-22-37)63-49(69)41(27-15-19-33-55)59-45(65)29-11-3-1-2-4-12-30-46(66)60-42(28-16-20-34-56)50(70)64-44(36-38-23-9-6-10-24-38)52(72)62-40(48(58)68)26-14-18-32-54/h1-2,5-10,21-24,39-44H,3-4,11-20,25-36,53-56H2,(H2,57,67)(H2,58,68)(H,59,65)(H,60,66)(H,61,71)(H,62,72)(H,63,69)(H,64,70)/b2-1+/t39-,40-,41-,42-,43-,44-/m0/s1. The Balaban J connectivity index is 1.98. The van der Waals surface area contributed by atoms with Crippen LogP contribution in [0.25, 0.3) is 0 Å². The van der Waals surface area contributed by atoms with E-state index in [1.807, 2.05) is 72.8 Å². The summed E-state index contributed by atoms with van der Waals surface area (Å²) in [5, 5.41) is 16.7. The van der Waals surface area contributed by atoms with Crippen molar-refractivity contribution in [2.24, 2.45) is 34.4 Å². The Morgan fingerprint density at radius 1 is 0.375 bits per heavy atom. The number of rotatable bonds is 40. The summed E-state index contributed by atoms with van der Waals surface area (Å²) in [6.07, 6.45) is 12.5. The minimum atomic E-state index is -1.06. The lowest BCUT2D eigenvalue weighted by Crippen LogP contribution is -2.57. The zero-order valence-electron chi connectivity index (χ0n) is 42.1. The first-order chi connectivity index (χ1) is 34.7. The van der Waals surface area contributed by atoms with Gasteiger partial charge in [-0.25, -0.2) is 0 Å². The molecule has 0 saturated heterocycles. The monoisotopic (exact) mass is 1000 g/mol. The second-order valence-electron chi connectivity index (χ2n) is 18.1. The molecular weight excluding hydrogens is 921 g/mol. The van der Waals surface area contributed by atoms with Gasteiger partial charge in [-0.3, -0.25) is 38.4 Å². The fourth-order valence-corrected chi connectivity index (χ4v) is 7.82. The quantitative estimate of drug-likeness (QED) is 0.0325. The summed E-state index contributed by atoms with van der Waals surface area (Å²) < 4.78 is 0. The van der Waals surface area contributed by atoms with Crippen LogP contribution in [0, 0.1) is 0 Å². The molecule has 2 aromatic carbocycles. The molecule has 2 rings (SSSR count). The van der Waals surface area contributed by atoms with Crippen LogP contribution in [0.4, 0.5) is 0 Å². The van der Waals surface area contributed by atoms with Crippen molar-refractivity contribution in [1.29, 1.82) is 0 Å². The Bertz CT molecular complexity index is 1820. The molecule has 20 nitrogen and oxygen atoms in total. The molecule has 0 radical (unpaired) electrons. The molecule has 18 N–H and O–H groups in total. The molecule has 8 amide bonds. The van der Waals surface area contributed by atoms with Crippen LogP contribution in [0.3, 0.4) is 0 Å². The van der Waals surface area contributed by atoms with Gasteiger partial charge in [-0.1, -0.05) is 72.8 Å². The Kier molecular flexibility index (Phi) is 32.3. The summed E-state index contributed by atoms with van der Waals surface area (Å²) in [5.41, 5.74) is 35.4. The number of primary amides is 2. The molecule has 0 aliphatic carbocycles. The van der Waals surface area contributed by atoms with E-state index in [0.717, 1.165) is 11.1 Å². The van der Waals surface area contributed by atoms with E-state index in [-0.39, 0.29) is 37.5 Å². The van der Waals surface area contributed by atoms with Gasteiger partial charge in [0.1, 0.15) is 36.3 Å². The third-order valence-corrected chi connectivity index (χ3v) is 12.0. The van der Waals surface area contributed by atoms with Crippen molar-refractivity contribution in [2.45, 2.75) is 165 Å². The van der Waals surface area contributed by atoms with Crippen LogP contribution in [0.2, 0.25) is 0 Å². The molecule has 0 heterocycles. The van der Waals surface area contributed by atoms with Crippen LogP contribution in [-0.2, 0) is 51.2 Å². The van der Waals surface area contributed by atoms with Gasteiger partial charge in [0.25, 0.3) is 0 Å². The van der Waals surface area contributed by atoms with Gasteiger partial charge in [0, 0.05) is 25.7 Å². The second-order valence-corrected chi connectivity index (χ2v) is 18.1. The predicted molar refractivity (Wildman–Crippen MR) is 279 cm³/mol. The fourth-order valence-electron chi connectivity index (χ4n) is 7.82. The highest BCUT2D eigenvalue weighted by Crippen LogP contribution is 2.12. The van der Waals surface area contributed by atoms with Crippen LogP contribution in [-0.4, -0.2) is 110 Å². The highest BCUT2D eigenvalue weighted by molar-refractivity contribution is 5.95. The number of nitrogens with one attached hydrogen (secondary N) is 6. The molecule has 20 heteroatoms. The molecule has 0 unspecified atom stereocenters. The maximum Gasteiger partial charge on any atom is 0.243 e. The SMILES string of the molecule is NCCCC[C@H](NC(=O)[C@H](Cc1ccccc1)NC(=O)[C@H](CCCCN)NC(=O)CCC/C=C/CCCC(=O)N[C@@H](CCCCN)C(=O)N[C@@H](Cc1ccccc1)C(=O)N[C@@H](CCCCN)C(N)=O)C(N)=O. The third kappa shape index (κ3) is 26.8. The van der Waals surface area contributed by atoms with Crippen molar-refractivity contribution in [3.63, 3.8) is 0 Å². The first-order valence-corrected chi connectivity index (χ1v) is 25.6. The van der Waals surface area contributed by atoms with E-state index >= 15 is 0 Å². The highest BCUT2D eigenvalue weighted by Gasteiger charge is 2.31. The minimum absolute atomic E-state index is 0.131. The molecule has 0 spiro atoms. The van der Waals surface area contributed by atoms with Gasteiger partial charge in [0.2, 0.25) is 47.3 Å². The summed E-state index contributed by atoms with van der Waals surface area (Å²) in [6.45, 7) is 1.66. The Labute approximate surface area is 425 Å². The van der Waals surface area contributed by atoms with Gasteiger partial charge in [0.05, 0.1) is 0 Å². The van der Waals surface area contributed by atoms with Gasteiger partial charge < -0.3 is 66.3 Å². The number of carbonyl (C=O) groups excluding carboxylic acids is 8. The van der Waals surface area contributed by atoms with Crippen LogP contribution in [0.15, 0.2) is 72.8 Å². The summed E-state index contributed by atoms with van der Waals surface area (Å²) >= 11 is 0. The normalized spacial score (nSPS) is 13.7. The van der Waals surface area contributed by atoms with Crippen molar-refractivity contribution in [3.05, 3.63) is 83.9 Å². The summed E-state index contributed by atoms with van der Waals surface area (Å²) in [6, 6.07) is 12.3. The number of benzene rings is 2. The van der Waals surface area contributed by atoms with E-state index in [1.54, 1.807) is 0 Å². The molecule has 0 aromatic heterocycles. The predicted octanol–water partition coefficient (Wildman–Crippen LogP) is 0.764. The molecular formula is C52H84N12O8.